The molecule has 0 saturated carbocycles. The summed E-state index contributed by atoms with van der Waals surface area (Å²) in [6.07, 6.45) is 5.14. The number of hydrogen-bond donors (Lipinski definition) is 1. The SMILES string of the molecule is Cc1oc2c(CN3CCN(c4cnccn4)CC3)c(O)ccc2c(=O)c1-c1ccccc1. The molecule has 32 heavy (non-hydrogen) atoms. The number of benzene rings is 2. The van der Waals surface area contributed by atoms with Crippen LogP contribution in [0.2, 0.25) is 0 Å². The lowest BCUT2D eigenvalue weighted by Gasteiger charge is -2.35. The minimum absolute atomic E-state index is 0.0799. The maximum absolute atomic E-state index is 13.3. The summed E-state index contributed by atoms with van der Waals surface area (Å²) in [6, 6.07) is 12.8. The summed E-state index contributed by atoms with van der Waals surface area (Å²) in [7, 11) is 0. The van der Waals surface area contributed by atoms with Crippen molar-refractivity contribution in [2.75, 3.05) is 31.1 Å². The molecule has 5 rings (SSSR count). The number of anilines is 1. The Kier molecular flexibility index (Phi) is 5.33. The van der Waals surface area contributed by atoms with Gasteiger partial charge in [0.05, 0.1) is 22.7 Å². The molecule has 2 aromatic carbocycles. The van der Waals surface area contributed by atoms with Gasteiger partial charge in [0.25, 0.3) is 0 Å². The predicted octanol–water partition coefficient (Wildman–Crippen LogP) is 3.59. The monoisotopic (exact) mass is 428 g/mol. The van der Waals surface area contributed by atoms with Crippen LogP contribution >= 0.6 is 0 Å². The number of nitrogens with zero attached hydrogens (tertiary/aromatic N) is 4. The van der Waals surface area contributed by atoms with Crippen LogP contribution in [-0.4, -0.2) is 46.2 Å². The molecular formula is C25H24N4O3. The van der Waals surface area contributed by atoms with Crippen molar-refractivity contribution in [3.8, 4) is 16.9 Å². The number of phenols is 1. The molecule has 0 atom stereocenters. The van der Waals surface area contributed by atoms with E-state index in [1.807, 2.05) is 30.3 Å². The van der Waals surface area contributed by atoms with Crippen molar-refractivity contribution in [3.05, 3.63) is 82.6 Å². The Hall–Kier alpha value is -3.71. The molecule has 1 saturated heterocycles. The van der Waals surface area contributed by atoms with E-state index in [0.717, 1.165) is 37.6 Å². The summed E-state index contributed by atoms with van der Waals surface area (Å²) in [4.78, 5) is 26.3. The second kappa shape index (κ2) is 8.43. The van der Waals surface area contributed by atoms with Gasteiger partial charge in [0.2, 0.25) is 5.43 Å². The minimum atomic E-state index is -0.0799. The molecule has 1 N–H and O–H groups in total. The molecule has 0 bridgehead atoms. The van der Waals surface area contributed by atoms with E-state index in [1.54, 1.807) is 37.6 Å². The maximum atomic E-state index is 13.3. The number of fused-ring (bicyclic) bond motifs is 1. The quantitative estimate of drug-likeness (QED) is 0.532. The van der Waals surface area contributed by atoms with Gasteiger partial charge in [0.15, 0.2) is 0 Å². The highest BCUT2D eigenvalue weighted by molar-refractivity contribution is 5.86. The maximum Gasteiger partial charge on any atom is 0.200 e. The van der Waals surface area contributed by atoms with Crippen LogP contribution in [0.15, 0.2) is 70.3 Å². The third-order valence-corrected chi connectivity index (χ3v) is 6.00. The van der Waals surface area contributed by atoms with Gasteiger partial charge in [-0.3, -0.25) is 14.7 Å². The van der Waals surface area contributed by atoms with Gasteiger partial charge in [-0.1, -0.05) is 30.3 Å². The first-order valence-corrected chi connectivity index (χ1v) is 10.7. The van der Waals surface area contributed by atoms with Crippen molar-refractivity contribution in [1.82, 2.24) is 14.9 Å². The Morgan fingerprint density at radius 1 is 1.03 bits per heavy atom. The summed E-state index contributed by atoms with van der Waals surface area (Å²) < 4.78 is 6.16. The van der Waals surface area contributed by atoms with E-state index in [1.165, 1.54) is 0 Å². The number of aryl methyl sites for hydroxylation is 1. The second-order valence-corrected chi connectivity index (χ2v) is 8.00. The van der Waals surface area contributed by atoms with E-state index in [2.05, 4.69) is 19.8 Å². The average Bonchev–Trinajstić information content (AvgIpc) is 2.83. The van der Waals surface area contributed by atoms with E-state index < -0.39 is 0 Å². The lowest BCUT2D eigenvalue weighted by atomic mass is 10.0. The lowest BCUT2D eigenvalue weighted by molar-refractivity contribution is 0.246. The van der Waals surface area contributed by atoms with Crippen LogP contribution < -0.4 is 10.3 Å². The fourth-order valence-electron chi connectivity index (χ4n) is 4.32. The first-order chi connectivity index (χ1) is 15.6. The number of phenolic OH excluding ortho intramolecular Hbond substituents is 1. The van der Waals surface area contributed by atoms with E-state index >= 15 is 0 Å². The molecule has 1 fully saturated rings. The van der Waals surface area contributed by atoms with Gasteiger partial charge in [-0.25, -0.2) is 4.98 Å². The van der Waals surface area contributed by atoms with Crippen molar-refractivity contribution in [1.29, 1.82) is 0 Å². The summed E-state index contributed by atoms with van der Waals surface area (Å²) in [5, 5.41) is 11.1. The van der Waals surface area contributed by atoms with Gasteiger partial charge in [0.1, 0.15) is 22.9 Å². The average molecular weight is 428 g/mol. The number of rotatable bonds is 4. The van der Waals surface area contributed by atoms with Gasteiger partial charge in [-0.2, -0.15) is 0 Å². The van der Waals surface area contributed by atoms with Crippen LogP contribution in [0.25, 0.3) is 22.1 Å². The van der Waals surface area contributed by atoms with Crippen molar-refractivity contribution >= 4 is 16.8 Å². The number of aromatic hydroxyl groups is 1. The zero-order valence-corrected chi connectivity index (χ0v) is 17.9. The molecule has 2 aromatic heterocycles. The number of hydrogen-bond acceptors (Lipinski definition) is 7. The van der Waals surface area contributed by atoms with Gasteiger partial charge >= 0.3 is 0 Å². The molecule has 0 aliphatic carbocycles. The van der Waals surface area contributed by atoms with Crippen LogP contribution in [0.4, 0.5) is 5.82 Å². The van der Waals surface area contributed by atoms with Crippen LogP contribution in [0.3, 0.4) is 0 Å². The first kappa shape index (κ1) is 20.2. The fourth-order valence-corrected chi connectivity index (χ4v) is 4.32. The normalized spacial score (nSPS) is 14.7. The molecule has 1 aliphatic heterocycles. The van der Waals surface area contributed by atoms with Gasteiger partial charge in [-0.05, 0) is 24.6 Å². The molecule has 0 unspecified atom stereocenters. The standard InChI is InChI=1S/C25H24N4O3/c1-17-23(18-5-3-2-4-6-18)24(31)19-7-8-21(30)20(25(19)32-17)16-28-11-13-29(14-12-28)22-15-26-9-10-27-22/h2-10,15,30H,11-14,16H2,1H3. The molecule has 3 heterocycles. The molecule has 1 aliphatic rings. The van der Waals surface area contributed by atoms with Crippen molar-refractivity contribution in [2.45, 2.75) is 13.5 Å². The Balaban J connectivity index is 1.45. The van der Waals surface area contributed by atoms with Gasteiger partial charge in [-0.15, -0.1) is 0 Å². The molecule has 162 valence electrons. The van der Waals surface area contributed by atoms with Crippen LogP contribution in [0, 0.1) is 6.92 Å². The molecule has 4 aromatic rings. The third-order valence-electron chi connectivity index (χ3n) is 6.00. The minimum Gasteiger partial charge on any atom is -0.507 e. The Morgan fingerprint density at radius 3 is 2.53 bits per heavy atom. The smallest absolute Gasteiger partial charge is 0.200 e. The predicted molar refractivity (Wildman–Crippen MR) is 124 cm³/mol. The van der Waals surface area contributed by atoms with Gasteiger partial charge < -0.3 is 14.4 Å². The highest BCUT2D eigenvalue weighted by Gasteiger charge is 2.22. The van der Waals surface area contributed by atoms with Crippen LogP contribution in [0.5, 0.6) is 5.75 Å². The highest BCUT2D eigenvalue weighted by Crippen LogP contribution is 2.31. The topological polar surface area (TPSA) is 82.7 Å². The first-order valence-electron chi connectivity index (χ1n) is 10.7. The zero-order chi connectivity index (χ0) is 22.1. The molecule has 0 amide bonds. The van der Waals surface area contributed by atoms with E-state index in [-0.39, 0.29) is 11.2 Å². The molecule has 0 radical (unpaired) electrons. The largest absolute Gasteiger partial charge is 0.507 e. The lowest BCUT2D eigenvalue weighted by Crippen LogP contribution is -2.46. The summed E-state index contributed by atoms with van der Waals surface area (Å²) in [5.41, 5.74) is 2.42. The molecule has 7 heteroatoms. The van der Waals surface area contributed by atoms with Gasteiger partial charge in [0, 0.05) is 45.1 Å². The third kappa shape index (κ3) is 3.71. The van der Waals surface area contributed by atoms with Crippen LogP contribution in [0.1, 0.15) is 11.3 Å². The molecule has 0 spiro atoms. The van der Waals surface area contributed by atoms with Crippen molar-refractivity contribution in [3.63, 3.8) is 0 Å². The van der Waals surface area contributed by atoms with E-state index in [9.17, 15) is 9.90 Å². The Labute approximate surface area is 185 Å². The van der Waals surface area contributed by atoms with Crippen LogP contribution in [-0.2, 0) is 6.54 Å². The highest BCUT2D eigenvalue weighted by atomic mass is 16.3. The van der Waals surface area contributed by atoms with E-state index in [4.69, 9.17) is 4.42 Å². The second-order valence-electron chi connectivity index (χ2n) is 8.00. The van der Waals surface area contributed by atoms with Crippen molar-refractivity contribution < 1.29 is 9.52 Å². The van der Waals surface area contributed by atoms with Crippen molar-refractivity contribution in [2.24, 2.45) is 0 Å². The zero-order valence-electron chi connectivity index (χ0n) is 17.9. The summed E-state index contributed by atoms with van der Waals surface area (Å²) >= 11 is 0. The number of piperazine rings is 1. The Morgan fingerprint density at radius 2 is 1.81 bits per heavy atom. The number of aromatic nitrogens is 2. The Bertz CT molecular complexity index is 1300. The fraction of sp³-hybridized carbons (Fsp3) is 0.240. The molecule has 7 nitrogen and oxygen atoms in total. The van der Waals surface area contributed by atoms with E-state index in [0.29, 0.717) is 34.4 Å². The summed E-state index contributed by atoms with van der Waals surface area (Å²) in [5.74, 6) is 1.56. The summed E-state index contributed by atoms with van der Waals surface area (Å²) in [6.45, 7) is 5.54. The molecular weight excluding hydrogens is 404 g/mol.